The molecule has 2 heterocycles. The third kappa shape index (κ3) is 3.10. The van der Waals surface area contributed by atoms with Gasteiger partial charge in [-0.15, -0.1) is 0 Å². The first-order valence-electron chi connectivity index (χ1n) is 7.76. The molecule has 0 fully saturated rings. The second-order valence-corrected chi connectivity index (χ2v) is 5.60. The van der Waals surface area contributed by atoms with Crippen molar-refractivity contribution in [2.75, 3.05) is 21.3 Å². The fourth-order valence-corrected chi connectivity index (χ4v) is 2.69. The number of nitrogens with one attached hydrogen (secondary N) is 1. The van der Waals surface area contributed by atoms with E-state index in [2.05, 4.69) is 15.0 Å². The van der Waals surface area contributed by atoms with Gasteiger partial charge in [0.1, 0.15) is 5.82 Å². The number of rotatable bonds is 5. The van der Waals surface area contributed by atoms with Gasteiger partial charge in [0.2, 0.25) is 5.75 Å². The highest BCUT2D eigenvalue weighted by atomic mass is 16.5. The lowest BCUT2D eigenvalue weighted by Gasteiger charge is -2.14. The van der Waals surface area contributed by atoms with Gasteiger partial charge in [-0.1, -0.05) is 0 Å². The summed E-state index contributed by atoms with van der Waals surface area (Å²) in [6.45, 7) is 1.72. The molecule has 0 amide bonds. The maximum atomic E-state index is 10.0. The monoisotopic (exact) mass is 357 g/mol. The van der Waals surface area contributed by atoms with E-state index >= 15 is 0 Å². The topological polar surface area (TPSA) is 115 Å². The fraction of sp³-hybridized carbons (Fsp3) is 0.294. The van der Waals surface area contributed by atoms with Crippen LogP contribution in [0.25, 0.3) is 11.5 Å². The quantitative estimate of drug-likeness (QED) is 0.664. The van der Waals surface area contributed by atoms with Gasteiger partial charge in [-0.2, -0.15) is 4.73 Å². The maximum Gasteiger partial charge on any atom is 0.203 e. The summed E-state index contributed by atoms with van der Waals surface area (Å²) in [5.41, 5.74) is 1.56. The van der Waals surface area contributed by atoms with Gasteiger partial charge >= 0.3 is 0 Å². The lowest BCUT2D eigenvalue weighted by molar-refractivity contribution is 0.184. The normalized spacial score (nSPS) is 10.8. The first-order chi connectivity index (χ1) is 12.5. The number of fused-ring (bicyclic) bond motifs is 1. The molecule has 3 rings (SSSR count). The number of aromatic nitrogens is 4. The molecule has 9 heteroatoms. The third-order valence-electron chi connectivity index (χ3n) is 3.81. The van der Waals surface area contributed by atoms with Gasteiger partial charge in [0.05, 0.1) is 33.2 Å². The Labute approximate surface area is 149 Å². The molecule has 0 saturated heterocycles. The van der Waals surface area contributed by atoms with E-state index in [9.17, 15) is 5.21 Å². The van der Waals surface area contributed by atoms with Crippen LogP contribution in [0, 0.1) is 12.3 Å². The Bertz CT molecular complexity index is 960. The second kappa shape index (κ2) is 6.87. The number of methoxy groups -OCH3 is 3. The number of ether oxygens (including phenoxy) is 3. The van der Waals surface area contributed by atoms with Crippen molar-refractivity contribution >= 4 is 0 Å². The predicted octanol–water partition coefficient (Wildman–Crippen LogP) is 1.42. The molecule has 0 saturated carbocycles. The van der Waals surface area contributed by atoms with Crippen LogP contribution in [0.15, 0.2) is 18.3 Å². The standard InChI is InChI=1S/C17H19N5O4/c1-9-8-22(23)17-14(19-9)16(18)20-13(21-17)7-10-5-11(24-2)15(26-4)12(6-10)25-3/h5-6,8,18,23H,7H2,1-4H3. The van der Waals surface area contributed by atoms with Gasteiger partial charge in [0, 0.05) is 6.42 Å². The minimum Gasteiger partial charge on any atom is -0.493 e. The minimum atomic E-state index is -0.0519. The average molecular weight is 357 g/mol. The van der Waals surface area contributed by atoms with Crippen LogP contribution in [0.2, 0.25) is 0 Å². The number of hydrogen-bond donors (Lipinski definition) is 2. The van der Waals surface area contributed by atoms with Gasteiger partial charge in [-0.05, 0) is 24.6 Å². The molecule has 0 radical (unpaired) electrons. The van der Waals surface area contributed by atoms with E-state index in [1.54, 1.807) is 19.1 Å². The van der Waals surface area contributed by atoms with Crippen LogP contribution in [0.1, 0.15) is 17.1 Å². The maximum absolute atomic E-state index is 10.0. The van der Waals surface area contributed by atoms with Crippen molar-refractivity contribution in [3.63, 3.8) is 0 Å². The van der Waals surface area contributed by atoms with E-state index in [-0.39, 0.29) is 17.0 Å². The van der Waals surface area contributed by atoms with Gasteiger partial charge in [-0.3, -0.25) is 5.41 Å². The summed E-state index contributed by atoms with van der Waals surface area (Å²) in [7, 11) is 4.62. The molecule has 1 aromatic rings. The Morgan fingerprint density at radius 1 is 1.04 bits per heavy atom. The molecular weight excluding hydrogens is 338 g/mol. The molecule has 26 heavy (non-hydrogen) atoms. The highest BCUT2D eigenvalue weighted by Crippen LogP contribution is 2.38. The Morgan fingerprint density at radius 3 is 2.27 bits per heavy atom. The molecule has 1 aromatic carbocycles. The molecule has 2 aliphatic heterocycles. The number of hydrogen-bond acceptors (Lipinski definition) is 8. The summed E-state index contributed by atoms with van der Waals surface area (Å²) in [6.07, 6.45) is 1.74. The summed E-state index contributed by atoms with van der Waals surface area (Å²) < 4.78 is 16.9. The summed E-state index contributed by atoms with van der Waals surface area (Å²) in [6, 6.07) is 3.58. The van der Waals surface area contributed by atoms with Crippen molar-refractivity contribution in [3.05, 3.63) is 40.9 Å². The zero-order valence-corrected chi connectivity index (χ0v) is 14.9. The van der Waals surface area contributed by atoms with Crippen LogP contribution >= 0.6 is 0 Å². The summed E-state index contributed by atoms with van der Waals surface area (Å²) >= 11 is 0. The molecule has 0 spiro atoms. The fourth-order valence-electron chi connectivity index (χ4n) is 2.69. The molecule has 9 nitrogen and oxygen atoms in total. The Morgan fingerprint density at radius 2 is 1.69 bits per heavy atom. The number of nitrogens with zero attached hydrogens (tertiary/aromatic N) is 4. The van der Waals surface area contributed by atoms with Crippen LogP contribution in [-0.2, 0) is 6.42 Å². The highest BCUT2D eigenvalue weighted by molar-refractivity contribution is 5.54. The molecule has 0 atom stereocenters. The van der Waals surface area contributed by atoms with Gasteiger partial charge < -0.3 is 19.4 Å². The first kappa shape index (κ1) is 17.5. The van der Waals surface area contributed by atoms with Crippen LogP contribution in [0.4, 0.5) is 0 Å². The molecule has 0 aromatic heterocycles. The zero-order valence-electron chi connectivity index (χ0n) is 14.9. The summed E-state index contributed by atoms with van der Waals surface area (Å²) in [5.74, 6) is 2.07. The Hall–Kier alpha value is -3.36. The van der Waals surface area contributed by atoms with Crippen molar-refractivity contribution in [1.29, 1.82) is 5.41 Å². The summed E-state index contributed by atoms with van der Waals surface area (Å²) in [5, 5.41) is 18.1. The van der Waals surface area contributed by atoms with Gasteiger partial charge in [-0.25, -0.2) is 15.0 Å². The van der Waals surface area contributed by atoms with E-state index in [1.165, 1.54) is 27.5 Å². The highest BCUT2D eigenvalue weighted by Gasteiger charge is 2.18. The minimum absolute atomic E-state index is 0.0519. The Balaban J connectivity index is 2.07. The third-order valence-corrected chi connectivity index (χ3v) is 3.81. The molecule has 0 bridgehead atoms. The molecule has 0 aliphatic carbocycles. The molecule has 2 N–H and O–H groups in total. The summed E-state index contributed by atoms with van der Waals surface area (Å²) in [4.78, 5) is 12.7. The zero-order chi connectivity index (χ0) is 18.8. The number of aryl methyl sites for hydroxylation is 1. The van der Waals surface area contributed by atoms with E-state index in [4.69, 9.17) is 19.6 Å². The van der Waals surface area contributed by atoms with Crippen molar-refractivity contribution in [2.45, 2.75) is 13.3 Å². The molecule has 136 valence electrons. The van der Waals surface area contributed by atoms with Gasteiger partial charge in [0.25, 0.3) is 0 Å². The first-order valence-corrected chi connectivity index (χ1v) is 7.76. The van der Waals surface area contributed by atoms with Crippen molar-refractivity contribution in [3.8, 4) is 28.8 Å². The SMILES string of the molecule is COc1cc(Cc2nc3n(O)cc(C)nc-3c(=N)n2)cc(OC)c1OC. The smallest absolute Gasteiger partial charge is 0.203 e. The Kier molecular flexibility index (Phi) is 4.61. The van der Waals surface area contributed by atoms with Crippen LogP contribution in [0.5, 0.6) is 17.2 Å². The van der Waals surface area contributed by atoms with Gasteiger partial charge in [0.15, 0.2) is 28.5 Å². The molecular formula is C17H19N5O4. The lowest BCUT2D eigenvalue weighted by Crippen LogP contribution is -2.21. The van der Waals surface area contributed by atoms with Crippen LogP contribution < -0.4 is 19.7 Å². The number of benzene rings is 1. The van der Waals surface area contributed by atoms with E-state index in [0.717, 1.165) is 10.3 Å². The van der Waals surface area contributed by atoms with Crippen LogP contribution in [0.3, 0.4) is 0 Å². The van der Waals surface area contributed by atoms with Crippen LogP contribution in [-0.4, -0.2) is 46.2 Å². The van der Waals surface area contributed by atoms with E-state index in [1.807, 2.05) is 0 Å². The average Bonchev–Trinajstić information content (AvgIpc) is 2.61. The van der Waals surface area contributed by atoms with E-state index < -0.39 is 0 Å². The second-order valence-electron chi connectivity index (χ2n) is 5.60. The van der Waals surface area contributed by atoms with Crippen molar-refractivity contribution < 1.29 is 19.4 Å². The van der Waals surface area contributed by atoms with Crippen molar-refractivity contribution in [1.82, 2.24) is 19.7 Å². The molecule has 2 aliphatic rings. The van der Waals surface area contributed by atoms with E-state index in [0.29, 0.717) is 35.2 Å². The lowest BCUT2D eigenvalue weighted by atomic mass is 10.1. The van der Waals surface area contributed by atoms with Crippen molar-refractivity contribution in [2.24, 2.45) is 0 Å². The predicted molar refractivity (Wildman–Crippen MR) is 91.1 cm³/mol. The molecule has 0 unspecified atom stereocenters. The largest absolute Gasteiger partial charge is 0.493 e.